The molecule has 1 N–H and O–H groups in total. The molecule has 1 amide bonds. The molecule has 0 aliphatic carbocycles. The fourth-order valence-corrected chi connectivity index (χ4v) is 4.01. The van der Waals surface area contributed by atoms with Crippen LogP contribution in [0, 0.1) is 5.82 Å². The van der Waals surface area contributed by atoms with Gasteiger partial charge in [0.15, 0.2) is 5.82 Å². The van der Waals surface area contributed by atoms with Crippen molar-refractivity contribution in [3.63, 3.8) is 0 Å². The van der Waals surface area contributed by atoms with Gasteiger partial charge in [0.25, 0.3) is 5.91 Å². The van der Waals surface area contributed by atoms with Gasteiger partial charge in [-0.1, -0.05) is 72.1 Å². The van der Waals surface area contributed by atoms with Crippen LogP contribution in [0.3, 0.4) is 0 Å². The molecule has 1 atom stereocenters. The minimum absolute atomic E-state index is 0.240. The third-order valence-electron chi connectivity index (χ3n) is 5.20. The number of aryl methyl sites for hydroxylation is 1. The van der Waals surface area contributed by atoms with Gasteiger partial charge in [-0.15, -0.1) is 0 Å². The quantitative estimate of drug-likeness (QED) is 0.185. The van der Waals surface area contributed by atoms with Gasteiger partial charge in [0.2, 0.25) is 0 Å². The first-order valence-corrected chi connectivity index (χ1v) is 11.5. The summed E-state index contributed by atoms with van der Waals surface area (Å²) in [5.74, 6) is -3.36. The van der Waals surface area contributed by atoms with Gasteiger partial charge in [-0.3, -0.25) is 4.79 Å². The maximum atomic E-state index is 13.7. The molecule has 1 aromatic heterocycles. The zero-order valence-electron chi connectivity index (χ0n) is 18.3. The number of halogens is 7. The van der Waals surface area contributed by atoms with Crippen LogP contribution in [0.15, 0.2) is 54.7 Å². The zero-order chi connectivity index (χ0) is 25.8. The van der Waals surface area contributed by atoms with Gasteiger partial charge in [0.1, 0.15) is 5.15 Å². The number of benzene rings is 2. The maximum Gasteiger partial charge on any atom is 0.399 e. The van der Waals surface area contributed by atoms with E-state index in [1.807, 2.05) is 6.92 Å². The highest BCUT2D eigenvalue weighted by Gasteiger charge is 2.39. The Kier molecular flexibility index (Phi) is 8.80. The largest absolute Gasteiger partial charge is 0.399 e. The second-order valence-electron chi connectivity index (χ2n) is 7.62. The zero-order valence-corrected chi connectivity index (χ0v) is 20.5. The van der Waals surface area contributed by atoms with Crippen molar-refractivity contribution in [1.82, 2.24) is 10.3 Å². The van der Waals surface area contributed by atoms with E-state index in [9.17, 15) is 22.4 Å². The van der Waals surface area contributed by atoms with Crippen LogP contribution in [0.4, 0.5) is 17.6 Å². The topological polar surface area (TPSA) is 42.0 Å². The molecule has 35 heavy (non-hydrogen) atoms. The maximum absolute atomic E-state index is 13.7. The third kappa shape index (κ3) is 6.97. The molecule has 0 saturated carbocycles. The van der Waals surface area contributed by atoms with E-state index in [0.717, 1.165) is 23.8 Å². The Labute approximate surface area is 214 Å². The van der Waals surface area contributed by atoms with Gasteiger partial charge in [-0.25, -0.2) is 9.37 Å². The van der Waals surface area contributed by atoms with Gasteiger partial charge in [-0.05, 0) is 52.9 Å². The molecule has 0 radical (unpaired) electrons. The summed E-state index contributed by atoms with van der Waals surface area (Å²) in [6.45, 7) is 2.08. The lowest BCUT2D eigenvalue weighted by Gasteiger charge is -2.18. The molecule has 0 saturated heterocycles. The number of nitrogens with one attached hydrogen (secondary N) is 1. The first-order chi connectivity index (χ1) is 16.5. The van der Waals surface area contributed by atoms with Gasteiger partial charge < -0.3 is 5.32 Å². The predicted octanol–water partition coefficient (Wildman–Crippen LogP) is 8.03. The van der Waals surface area contributed by atoms with Crippen LogP contribution in [-0.2, 0) is 13.0 Å². The molecule has 3 aromatic rings. The monoisotopic (exact) mass is 544 g/mol. The number of pyridine rings is 1. The van der Waals surface area contributed by atoms with Crippen molar-refractivity contribution in [2.24, 2.45) is 0 Å². The predicted molar refractivity (Wildman–Crippen MR) is 130 cm³/mol. The summed E-state index contributed by atoms with van der Waals surface area (Å²) in [5, 5.41) is 2.15. The van der Waals surface area contributed by atoms with Gasteiger partial charge in [0.05, 0.1) is 16.0 Å². The normalized spacial score (nSPS) is 12.7. The molecule has 1 heterocycles. The van der Waals surface area contributed by atoms with Gasteiger partial charge in [0, 0.05) is 18.3 Å². The molecular formula is C25H19Cl3F4N2O. The van der Waals surface area contributed by atoms with Crippen molar-refractivity contribution in [3.8, 4) is 0 Å². The molecule has 10 heteroatoms. The molecular weight excluding hydrogens is 527 g/mol. The Balaban J connectivity index is 1.82. The van der Waals surface area contributed by atoms with E-state index >= 15 is 0 Å². The Morgan fingerprint density at radius 1 is 1.09 bits per heavy atom. The Morgan fingerprint density at radius 3 is 2.34 bits per heavy atom. The first kappa shape index (κ1) is 27.0. The van der Waals surface area contributed by atoms with Crippen molar-refractivity contribution in [2.75, 3.05) is 0 Å². The molecule has 0 aliphatic heterocycles. The summed E-state index contributed by atoms with van der Waals surface area (Å²) in [6, 6.07) is 9.92. The molecule has 3 nitrogen and oxygen atoms in total. The molecule has 0 bridgehead atoms. The number of nitrogens with zero attached hydrogens (tertiary/aromatic N) is 1. The van der Waals surface area contributed by atoms with Crippen LogP contribution in [0.2, 0.25) is 15.2 Å². The van der Waals surface area contributed by atoms with Crippen molar-refractivity contribution in [2.45, 2.75) is 32.0 Å². The number of carbonyl (C=O) groups excluding carboxylic acids is 1. The minimum atomic E-state index is -4.66. The molecule has 0 fully saturated rings. The van der Waals surface area contributed by atoms with E-state index in [4.69, 9.17) is 34.8 Å². The lowest BCUT2D eigenvalue weighted by atomic mass is 9.95. The molecule has 2 aromatic carbocycles. The Bertz CT molecular complexity index is 1220. The van der Waals surface area contributed by atoms with E-state index in [0.29, 0.717) is 28.3 Å². The number of alkyl halides is 3. The summed E-state index contributed by atoms with van der Waals surface area (Å²) in [5.41, 5.74) is 2.02. The van der Waals surface area contributed by atoms with E-state index in [2.05, 4.69) is 10.3 Å². The molecule has 3 rings (SSSR count). The van der Waals surface area contributed by atoms with Gasteiger partial charge >= 0.3 is 6.18 Å². The second-order valence-corrected chi connectivity index (χ2v) is 8.82. The summed E-state index contributed by atoms with van der Waals surface area (Å²) in [4.78, 5) is 16.6. The summed E-state index contributed by atoms with van der Waals surface area (Å²) < 4.78 is 54.9. The Morgan fingerprint density at radius 2 is 1.77 bits per heavy atom. The number of carbonyl (C=O) groups is 1. The van der Waals surface area contributed by atoms with Crippen LogP contribution in [0.1, 0.15) is 45.5 Å². The molecule has 184 valence electrons. The average Bonchev–Trinajstić information content (AvgIpc) is 2.81. The Hall–Kier alpha value is -2.61. The van der Waals surface area contributed by atoms with E-state index in [1.165, 1.54) is 6.08 Å². The van der Waals surface area contributed by atoms with Crippen LogP contribution in [0.25, 0.3) is 6.08 Å². The lowest BCUT2D eigenvalue weighted by molar-refractivity contribution is -0.139. The molecule has 0 aliphatic rings. The number of hydrogen-bond acceptors (Lipinski definition) is 2. The third-order valence-corrected chi connectivity index (χ3v) is 5.97. The number of amides is 1. The number of aromatic nitrogens is 1. The highest BCUT2D eigenvalue weighted by molar-refractivity contribution is 6.35. The lowest BCUT2D eigenvalue weighted by Crippen LogP contribution is -2.24. The van der Waals surface area contributed by atoms with Crippen LogP contribution in [0.5, 0.6) is 0 Å². The first-order valence-electron chi connectivity index (χ1n) is 10.4. The molecule has 0 spiro atoms. The van der Waals surface area contributed by atoms with Crippen molar-refractivity contribution < 1.29 is 22.4 Å². The van der Waals surface area contributed by atoms with E-state index in [-0.39, 0.29) is 18.0 Å². The van der Waals surface area contributed by atoms with Crippen LogP contribution in [-0.4, -0.2) is 17.1 Å². The standard InChI is InChI=1S/C25H19Cl3F4N2O/c1-2-16-9-14(3-6-18(16)24(35)34-13-15-5-8-22(28)33-12-15)4-7-19(25(30,31)32)17-10-20(26)23(29)21(27)11-17/h3-12,19H,2,13H2,1H3,(H,34,35)/b7-4+. The van der Waals surface area contributed by atoms with Crippen LogP contribution >= 0.6 is 34.8 Å². The van der Waals surface area contributed by atoms with E-state index in [1.54, 1.807) is 36.5 Å². The highest BCUT2D eigenvalue weighted by atomic mass is 35.5. The molecule has 1 unspecified atom stereocenters. The van der Waals surface area contributed by atoms with Crippen molar-refractivity contribution in [1.29, 1.82) is 0 Å². The summed E-state index contributed by atoms with van der Waals surface area (Å²) in [7, 11) is 0. The van der Waals surface area contributed by atoms with Crippen LogP contribution < -0.4 is 5.32 Å². The minimum Gasteiger partial charge on any atom is -0.348 e. The number of hydrogen-bond donors (Lipinski definition) is 1. The van der Waals surface area contributed by atoms with Gasteiger partial charge in [-0.2, -0.15) is 13.2 Å². The fourth-order valence-electron chi connectivity index (χ4n) is 3.39. The summed E-state index contributed by atoms with van der Waals surface area (Å²) >= 11 is 17.1. The second kappa shape index (κ2) is 11.4. The number of rotatable bonds is 7. The van der Waals surface area contributed by atoms with E-state index < -0.39 is 28.0 Å². The highest BCUT2D eigenvalue weighted by Crippen LogP contribution is 2.39. The van der Waals surface area contributed by atoms with Crippen molar-refractivity contribution in [3.05, 3.63) is 104 Å². The average molecular weight is 546 g/mol. The smallest absolute Gasteiger partial charge is 0.348 e. The fraction of sp³-hybridized carbons (Fsp3) is 0.200. The number of allylic oxidation sites excluding steroid dienone is 1. The van der Waals surface area contributed by atoms with Crippen molar-refractivity contribution >= 4 is 46.8 Å². The summed E-state index contributed by atoms with van der Waals surface area (Å²) in [6.07, 6.45) is -0.384. The SMILES string of the molecule is CCc1cc(/C=C/C(c2cc(Cl)c(F)c(Cl)c2)C(F)(F)F)ccc1C(=O)NCc1ccc(Cl)nc1.